The van der Waals surface area contributed by atoms with Gasteiger partial charge in [0.2, 0.25) is 0 Å². The summed E-state index contributed by atoms with van der Waals surface area (Å²) in [7, 11) is 0. The first-order valence-electron chi connectivity index (χ1n) is 33.2. The van der Waals surface area contributed by atoms with Gasteiger partial charge in [0.05, 0.1) is 6.61 Å². The molecule has 12 heteroatoms. The van der Waals surface area contributed by atoms with Gasteiger partial charge >= 0.3 is 23.9 Å². The number of rotatable bonds is 56. The van der Waals surface area contributed by atoms with Crippen molar-refractivity contribution in [2.24, 2.45) is 0 Å². The average molecular weight is 1160 g/mol. The Morgan fingerprint density at radius 1 is 0.410 bits per heavy atom. The van der Waals surface area contributed by atoms with E-state index in [2.05, 4.69) is 118 Å². The smallest absolute Gasteiger partial charge is 0.335 e. The molecule has 0 amide bonds. The SMILES string of the molecule is CC/C=C\C/C=C\C/C=C\C/C=C\C/C=C\CCCCCC(=O)OCC(COC1OC(C(=O)O)C(O)C(O)C1OC(=O)CCCCCCCCCCCCCCCCC)OC(=O)CCCCCCCC/C=C\C/C=C\C/C=C\CCCCC. The highest BCUT2D eigenvalue weighted by atomic mass is 16.7. The van der Waals surface area contributed by atoms with E-state index in [0.29, 0.717) is 19.3 Å². The number of carbonyl (C=O) groups excluding carboxylic acids is 3. The molecule has 0 aliphatic carbocycles. The zero-order chi connectivity index (χ0) is 60.3. The summed E-state index contributed by atoms with van der Waals surface area (Å²) in [4.78, 5) is 51.4. The van der Waals surface area contributed by atoms with E-state index in [0.717, 1.165) is 128 Å². The van der Waals surface area contributed by atoms with Crippen molar-refractivity contribution >= 4 is 23.9 Å². The summed E-state index contributed by atoms with van der Waals surface area (Å²) >= 11 is 0. The first-order chi connectivity index (χ1) is 40.6. The number of hydrogen-bond donors (Lipinski definition) is 3. The summed E-state index contributed by atoms with van der Waals surface area (Å²) in [5.74, 6) is -3.17. The molecule has 1 heterocycles. The molecule has 1 aliphatic heterocycles. The van der Waals surface area contributed by atoms with Gasteiger partial charge in [-0.25, -0.2) is 4.79 Å². The minimum absolute atomic E-state index is 0.0551. The highest BCUT2D eigenvalue weighted by Crippen LogP contribution is 2.27. The van der Waals surface area contributed by atoms with Crippen LogP contribution in [0.2, 0.25) is 0 Å². The van der Waals surface area contributed by atoms with Gasteiger partial charge in [0.15, 0.2) is 24.6 Å². The number of aliphatic hydroxyl groups excluding tert-OH is 2. The molecule has 0 aromatic heterocycles. The van der Waals surface area contributed by atoms with Crippen molar-refractivity contribution in [3.8, 4) is 0 Å². The summed E-state index contributed by atoms with van der Waals surface area (Å²) in [5, 5.41) is 31.6. The highest BCUT2D eigenvalue weighted by Gasteiger charge is 2.50. The van der Waals surface area contributed by atoms with Crippen LogP contribution in [0.5, 0.6) is 0 Å². The van der Waals surface area contributed by atoms with E-state index in [1.165, 1.54) is 89.9 Å². The van der Waals surface area contributed by atoms with Gasteiger partial charge in [-0.05, 0) is 103 Å². The molecule has 6 atom stereocenters. The third-order valence-corrected chi connectivity index (χ3v) is 14.6. The molecule has 83 heavy (non-hydrogen) atoms. The molecule has 0 radical (unpaired) electrons. The Morgan fingerprint density at radius 3 is 1.19 bits per heavy atom. The maximum Gasteiger partial charge on any atom is 0.335 e. The van der Waals surface area contributed by atoms with Gasteiger partial charge in [0, 0.05) is 19.3 Å². The van der Waals surface area contributed by atoms with E-state index in [1.807, 2.05) is 0 Å². The van der Waals surface area contributed by atoms with Crippen LogP contribution in [0.25, 0.3) is 0 Å². The largest absolute Gasteiger partial charge is 0.479 e. The number of aliphatic hydroxyl groups is 2. The van der Waals surface area contributed by atoms with Crippen LogP contribution >= 0.6 is 0 Å². The quantitative estimate of drug-likeness (QED) is 0.0228. The molecule has 6 unspecified atom stereocenters. The normalized spacial score (nSPS) is 18.2. The highest BCUT2D eigenvalue weighted by molar-refractivity contribution is 5.74. The van der Waals surface area contributed by atoms with Crippen LogP contribution in [-0.4, -0.2) is 89.2 Å². The molecule has 1 fully saturated rings. The zero-order valence-corrected chi connectivity index (χ0v) is 52.4. The number of aliphatic carboxylic acids is 1. The summed E-state index contributed by atoms with van der Waals surface area (Å²) in [6, 6.07) is 0. The number of ether oxygens (including phenoxy) is 5. The van der Waals surface area contributed by atoms with Crippen molar-refractivity contribution in [1.82, 2.24) is 0 Å². The second-order valence-electron chi connectivity index (χ2n) is 22.4. The molecule has 1 rings (SSSR count). The van der Waals surface area contributed by atoms with Crippen LogP contribution in [-0.2, 0) is 42.9 Å². The first kappa shape index (κ1) is 76.7. The van der Waals surface area contributed by atoms with Crippen molar-refractivity contribution < 1.29 is 58.2 Å². The molecule has 0 spiro atoms. The summed E-state index contributed by atoms with van der Waals surface area (Å²) in [6.07, 6.45) is 65.0. The van der Waals surface area contributed by atoms with Crippen molar-refractivity contribution in [3.63, 3.8) is 0 Å². The Labute approximate surface area is 504 Å². The molecule has 1 saturated heterocycles. The molecule has 0 bridgehead atoms. The maximum absolute atomic E-state index is 13.2. The molecule has 474 valence electrons. The average Bonchev–Trinajstić information content (AvgIpc) is 3.58. The Morgan fingerprint density at radius 2 is 0.759 bits per heavy atom. The van der Waals surface area contributed by atoms with Gasteiger partial charge in [-0.15, -0.1) is 0 Å². The lowest BCUT2D eigenvalue weighted by atomic mass is 9.98. The van der Waals surface area contributed by atoms with Crippen molar-refractivity contribution in [2.45, 2.75) is 314 Å². The second-order valence-corrected chi connectivity index (χ2v) is 22.4. The Kier molecular flexibility index (Phi) is 53.6. The van der Waals surface area contributed by atoms with E-state index in [9.17, 15) is 34.5 Å². The number of unbranched alkanes of at least 4 members (excludes halogenated alkanes) is 26. The van der Waals surface area contributed by atoms with Crippen molar-refractivity contribution in [1.29, 1.82) is 0 Å². The third-order valence-electron chi connectivity index (χ3n) is 14.6. The van der Waals surface area contributed by atoms with Gasteiger partial charge in [-0.3, -0.25) is 14.4 Å². The van der Waals surface area contributed by atoms with Gasteiger partial charge < -0.3 is 39.0 Å². The first-order valence-corrected chi connectivity index (χ1v) is 33.2. The zero-order valence-electron chi connectivity index (χ0n) is 52.4. The monoisotopic (exact) mass is 1160 g/mol. The third kappa shape index (κ3) is 47.6. The Balaban J connectivity index is 2.69. The molecule has 0 aromatic carbocycles. The van der Waals surface area contributed by atoms with Crippen LogP contribution in [0.1, 0.15) is 278 Å². The van der Waals surface area contributed by atoms with Crippen LogP contribution in [0, 0.1) is 0 Å². The number of carboxylic acid groups (broad SMARTS) is 1. The summed E-state index contributed by atoms with van der Waals surface area (Å²) in [5.41, 5.74) is 0. The van der Waals surface area contributed by atoms with Crippen molar-refractivity contribution in [3.05, 3.63) is 97.2 Å². The van der Waals surface area contributed by atoms with Crippen molar-refractivity contribution in [2.75, 3.05) is 13.2 Å². The molecule has 0 aromatic rings. The molecular weight excluding hydrogens is 1040 g/mol. The van der Waals surface area contributed by atoms with Crippen LogP contribution < -0.4 is 0 Å². The molecule has 1 aliphatic rings. The predicted molar refractivity (Wildman–Crippen MR) is 340 cm³/mol. The van der Waals surface area contributed by atoms with E-state index in [4.69, 9.17) is 23.7 Å². The second kappa shape index (κ2) is 58.0. The van der Waals surface area contributed by atoms with Crippen LogP contribution in [0.15, 0.2) is 97.2 Å². The number of carboxylic acids is 1. The molecule has 3 N–H and O–H groups in total. The molecular formula is C71H118O12. The fraction of sp³-hybridized carbons (Fsp3) is 0.718. The minimum atomic E-state index is -1.91. The Hall–Kier alpha value is -4.36. The van der Waals surface area contributed by atoms with Gasteiger partial charge in [-0.2, -0.15) is 0 Å². The lowest BCUT2D eigenvalue weighted by Crippen LogP contribution is -2.61. The number of allylic oxidation sites excluding steroid dienone is 16. The van der Waals surface area contributed by atoms with Crippen LogP contribution in [0.4, 0.5) is 0 Å². The standard InChI is InChI=1S/C71H118O12/c1-4-7-10-13-16-19-22-25-28-30-32-34-37-39-42-45-48-51-54-57-63(72)79-60-62(81-64(73)58-55-52-49-46-43-41-38-35-33-31-29-26-23-20-17-14-11-8-5-2)61-80-71-69(67(76)66(75)68(83-71)70(77)78)82-65(74)59-56-53-50-47-44-40-36-27-24-21-18-15-12-9-6-3/h7,10,16-17,19-20,25-26,28-29,32-35,39,42,62,66-69,71,75-76H,4-6,8-9,11-15,18,21-24,27,30-31,36-38,40-41,43-61H2,1-3H3,(H,77,78)/b10-7-,19-16-,20-17-,28-25-,29-26-,34-32-,35-33-,42-39-. The topological polar surface area (TPSA) is 175 Å². The minimum Gasteiger partial charge on any atom is -0.479 e. The number of carbonyl (C=O) groups is 4. The lowest BCUT2D eigenvalue weighted by Gasteiger charge is -2.40. The molecule has 0 saturated carbocycles. The van der Waals surface area contributed by atoms with Gasteiger partial charge in [0.25, 0.3) is 0 Å². The number of esters is 3. The Bertz CT molecular complexity index is 1810. The fourth-order valence-electron chi connectivity index (χ4n) is 9.58. The lowest BCUT2D eigenvalue weighted by molar-refractivity contribution is -0.301. The van der Waals surface area contributed by atoms with Gasteiger partial charge in [0.1, 0.15) is 18.8 Å². The molecule has 12 nitrogen and oxygen atoms in total. The number of hydrogen-bond acceptors (Lipinski definition) is 11. The fourth-order valence-corrected chi connectivity index (χ4v) is 9.58. The van der Waals surface area contributed by atoms with E-state index >= 15 is 0 Å². The van der Waals surface area contributed by atoms with E-state index in [-0.39, 0.29) is 25.9 Å². The van der Waals surface area contributed by atoms with E-state index < -0.39 is 67.3 Å². The summed E-state index contributed by atoms with van der Waals surface area (Å²) in [6.45, 7) is 5.84. The van der Waals surface area contributed by atoms with E-state index in [1.54, 1.807) is 0 Å². The summed E-state index contributed by atoms with van der Waals surface area (Å²) < 4.78 is 28.5. The van der Waals surface area contributed by atoms with Gasteiger partial charge in [-0.1, -0.05) is 253 Å². The predicted octanol–water partition coefficient (Wildman–Crippen LogP) is 18.0. The van der Waals surface area contributed by atoms with Crippen LogP contribution in [0.3, 0.4) is 0 Å². The maximum atomic E-state index is 13.2.